The number of benzene rings is 8. The average Bonchev–Trinajstić information content (AvgIpc) is 3.92. The van der Waals surface area contributed by atoms with Gasteiger partial charge in [-0.2, -0.15) is 4.90 Å². The van der Waals surface area contributed by atoms with Gasteiger partial charge in [-0.25, -0.2) is 4.68 Å². The number of rotatable bonds is 4. The first kappa shape index (κ1) is 28.5. The van der Waals surface area contributed by atoms with Crippen LogP contribution in [0, 0.1) is 0 Å². The molecule has 6 nitrogen and oxygen atoms in total. The van der Waals surface area contributed by atoms with E-state index >= 15 is 0 Å². The van der Waals surface area contributed by atoms with Crippen LogP contribution in [0.4, 0.5) is 17.3 Å². The van der Waals surface area contributed by atoms with E-state index in [0.717, 1.165) is 72.3 Å². The number of nitrogens with zero attached hydrogens (tertiary/aromatic N) is 4. The normalized spacial score (nSPS) is 12.6. The standard InChI is InChI=1S/C47H28N4O2/c1-2-15-31-28(11-1)25-26-37-44(31)34-18-7-12-29-13-8-20-36(42(29)34)51(37)47-48-46(35-19-10-24-41-45(35)33-17-4-6-22-39(33)53-41)49-50(47)27-30-14-9-23-40-43(30)32-16-3-5-21-38(32)52-40/h1-26H,27H2. The summed E-state index contributed by atoms with van der Waals surface area (Å²) >= 11 is 0. The van der Waals surface area contributed by atoms with Crippen molar-refractivity contribution in [1.29, 1.82) is 0 Å². The summed E-state index contributed by atoms with van der Waals surface area (Å²) in [5.74, 6) is 1.36. The van der Waals surface area contributed by atoms with Gasteiger partial charge < -0.3 is 8.83 Å². The average molecular weight is 681 g/mol. The molecule has 6 heteroatoms. The van der Waals surface area contributed by atoms with Gasteiger partial charge in [0.05, 0.1) is 6.54 Å². The summed E-state index contributed by atoms with van der Waals surface area (Å²) in [5, 5.41) is 14.4. The minimum absolute atomic E-state index is 0.475. The van der Waals surface area contributed by atoms with E-state index < -0.39 is 0 Å². The highest BCUT2D eigenvalue weighted by atomic mass is 16.3. The van der Waals surface area contributed by atoms with Gasteiger partial charge in [-0.3, -0.25) is 5.10 Å². The van der Waals surface area contributed by atoms with E-state index in [0.29, 0.717) is 12.4 Å². The summed E-state index contributed by atoms with van der Waals surface area (Å²) < 4.78 is 14.7. The summed E-state index contributed by atoms with van der Waals surface area (Å²) in [7, 11) is 0. The second-order valence-corrected chi connectivity index (χ2v) is 13.8. The van der Waals surface area contributed by atoms with Crippen LogP contribution in [0.15, 0.2) is 167 Å². The lowest BCUT2D eigenvalue weighted by Gasteiger charge is -2.28. The highest BCUT2D eigenvalue weighted by Crippen LogP contribution is 2.52. The number of hydrogen-bond acceptors (Lipinski definition) is 4. The Bertz CT molecular complexity index is 3290. The smallest absolute Gasteiger partial charge is 0.406 e. The van der Waals surface area contributed by atoms with Crippen LogP contribution in [0.3, 0.4) is 0 Å². The maximum atomic E-state index is 6.33. The van der Waals surface area contributed by atoms with Crippen LogP contribution in [-0.4, -0.2) is 4.98 Å². The monoisotopic (exact) mass is 680 g/mol. The van der Waals surface area contributed by atoms with Crippen molar-refractivity contribution in [3.05, 3.63) is 163 Å². The first-order chi connectivity index (χ1) is 26.3. The highest BCUT2D eigenvalue weighted by molar-refractivity contribution is 6.19. The SMILES string of the molecule is c1ccc2c3c(ccc2c1)N(c1nc(-c2cccc4oc5ccccc5c24)[n-][n+]1Cc1cccc2oc4ccccc4c12)c1cccc2cccc-3c12. The van der Waals surface area contributed by atoms with E-state index in [-0.39, 0.29) is 0 Å². The topological polar surface area (TPSA) is 60.4 Å². The molecule has 0 amide bonds. The molecule has 53 heavy (non-hydrogen) atoms. The van der Waals surface area contributed by atoms with Crippen LogP contribution >= 0.6 is 0 Å². The van der Waals surface area contributed by atoms with Crippen molar-refractivity contribution in [3.8, 4) is 22.5 Å². The summed E-state index contributed by atoms with van der Waals surface area (Å²) in [6.45, 7) is 0.475. The first-order valence-electron chi connectivity index (χ1n) is 17.9. The Labute approximate surface area is 302 Å². The molecule has 0 spiro atoms. The van der Waals surface area contributed by atoms with Crippen molar-refractivity contribution >= 4 is 82.7 Å². The fourth-order valence-electron chi connectivity index (χ4n) is 8.61. The van der Waals surface area contributed by atoms with E-state index in [1.54, 1.807) is 0 Å². The zero-order valence-corrected chi connectivity index (χ0v) is 28.3. The second kappa shape index (κ2) is 10.7. The molecule has 0 N–H and O–H groups in total. The second-order valence-electron chi connectivity index (χ2n) is 13.8. The fraction of sp³-hybridized carbons (Fsp3) is 0.0213. The molecule has 3 aromatic heterocycles. The molecule has 11 aromatic rings. The summed E-state index contributed by atoms with van der Waals surface area (Å²) in [5.41, 5.74) is 9.94. The molecule has 0 atom stereocenters. The molecule has 12 rings (SSSR count). The Morgan fingerprint density at radius 2 is 1.11 bits per heavy atom. The van der Waals surface area contributed by atoms with Crippen LogP contribution in [0.25, 0.3) is 87.9 Å². The predicted octanol–water partition coefficient (Wildman–Crippen LogP) is 11.6. The molecule has 0 fully saturated rings. The lowest BCUT2D eigenvalue weighted by atomic mass is 9.88. The molecule has 0 saturated carbocycles. The maximum Gasteiger partial charge on any atom is 0.406 e. The third kappa shape index (κ3) is 4.03. The molecule has 0 aliphatic carbocycles. The molecule has 248 valence electrons. The summed E-state index contributed by atoms with van der Waals surface area (Å²) in [6.07, 6.45) is 0. The molecule has 0 unspecified atom stereocenters. The molecule has 4 heterocycles. The van der Waals surface area contributed by atoms with Gasteiger partial charge in [-0.15, -0.1) is 0 Å². The van der Waals surface area contributed by atoms with Crippen molar-refractivity contribution in [2.24, 2.45) is 0 Å². The predicted molar refractivity (Wildman–Crippen MR) is 212 cm³/mol. The van der Waals surface area contributed by atoms with Crippen molar-refractivity contribution in [2.45, 2.75) is 6.54 Å². The number of anilines is 3. The molecular weight excluding hydrogens is 653 g/mol. The Hall–Kier alpha value is -7.18. The highest BCUT2D eigenvalue weighted by Gasteiger charge is 2.36. The van der Waals surface area contributed by atoms with Gasteiger partial charge in [-0.1, -0.05) is 126 Å². The Balaban J connectivity index is 1.17. The van der Waals surface area contributed by atoms with E-state index in [9.17, 15) is 0 Å². The Kier molecular flexibility index (Phi) is 5.74. The van der Waals surface area contributed by atoms with E-state index in [1.165, 1.54) is 32.7 Å². The zero-order chi connectivity index (χ0) is 34.6. The number of fused-ring (bicyclic) bond motifs is 10. The van der Waals surface area contributed by atoms with Crippen LogP contribution in [0.1, 0.15) is 5.56 Å². The van der Waals surface area contributed by atoms with Crippen molar-refractivity contribution in [1.82, 2.24) is 10.1 Å². The quantitative estimate of drug-likeness (QED) is 0.173. The summed E-state index contributed by atoms with van der Waals surface area (Å²) in [4.78, 5) is 7.83. The van der Waals surface area contributed by atoms with Gasteiger partial charge in [0.25, 0.3) is 0 Å². The molecular formula is C47H28N4O2. The lowest BCUT2D eigenvalue weighted by molar-refractivity contribution is -0.734. The van der Waals surface area contributed by atoms with Crippen molar-refractivity contribution in [3.63, 3.8) is 0 Å². The molecule has 0 radical (unpaired) electrons. The molecule has 1 aliphatic rings. The van der Waals surface area contributed by atoms with Crippen molar-refractivity contribution < 1.29 is 13.5 Å². The minimum Gasteiger partial charge on any atom is -0.456 e. The zero-order valence-electron chi connectivity index (χ0n) is 28.3. The van der Waals surface area contributed by atoms with E-state index in [1.807, 2.05) is 42.5 Å². The Morgan fingerprint density at radius 3 is 1.94 bits per heavy atom. The minimum atomic E-state index is 0.475. The first-order valence-corrected chi connectivity index (χ1v) is 17.9. The van der Waals surface area contributed by atoms with Crippen LogP contribution in [0.2, 0.25) is 0 Å². The molecule has 0 bridgehead atoms. The Morgan fingerprint density at radius 1 is 0.491 bits per heavy atom. The van der Waals surface area contributed by atoms with Gasteiger partial charge in [0.2, 0.25) is 0 Å². The van der Waals surface area contributed by atoms with E-state index in [2.05, 4.69) is 125 Å². The fourth-order valence-corrected chi connectivity index (χ4v) is 8.61. The lowest BCUT2D eigenvalue weighted by Crippen LogP contribution is -2.43. The molecule has 1 aliphatic heterocycles. The number of furan rings is 2. The third-order valence-electron chi connectivity index (χ3n) is 10.8. The summed E-state index contributed by atoms with van der Waals surface area (Å²) in [6, 6.07) is 55.1. The number of hydrogen-bond donors (Lipinski definition) is 0. The van der Waals surface area contributed by atoms with Crippen LogP contribution < -0.4 is 14.7 Å². The number of aromatic nitrogens is 3. The number of para-hydroxylation sites is 2. The van der Waals surface area contributed by atoms with Gasteiger partial charge in [0, 0.05) is 38.1 Å². The van der Waals surface area contributed by atoms with Crippen molar-refractivity contribution in [2.75, 3.05) is 4.90 Å². The van der Waals surface area contributed by atoms with Crippen LogP contribution in [-0.2, 0) is 6.54 Å². The van der Waals surface area contributed by atoms with E-state index in [4.69, 9.17) is 18.9 Å². The van der Waals surface area contributed by atoms with Gasteiger partial charge >= 0.3 is 5.95 Å². The maximum absolute atomic E-state index is 6.33. The molecule has 0 saturated heterocycles. The molecule has 8 aromatic carbocycles. The van der Waals surface area contributed by atoms with Crippen LogP contribution in [0.5, 0.6) is 0 Å². The third-order valence-corrected chi connectivity index (χ3v) is 10.8. The van der Waals surface area contributed by atoms with Gasteiger partial charge in [0.1, 0.15) is 33.7 Å². The van der Waals surface area contributed by atoms with Gasteiger partial charge in [0.15, 0.2) is 5.82 Å². The largest absolute Gasteiger partial charge is 0.456 e. The van der Waals surface area contributed by atoms with Gasteiger partial charge in [-0.05, 0) is 63.7 Å².